The van der Waals surface area contributed by atoms with E-state index in [2.05, 4.69) is 0 Å². The molecule has 2 aliphatic heterocycles. The molecular weight excluding hydrogens is 356 g/mol. The summed E-state index contributed by atoms with van der Waals surface area (Å²) in [6, 6.07) is 0. The van der Waals surface area contributed by atoms with Gasteiger partial charge in [-0.05, 0) is 26.7 Å². The minimum Gasteiger partial charge on any atom is -0.275 e. The van der Waals surface area contributed by atoms with Gasteiger partial charge < -0.3 is 0 Å². The van der Waals surface area contributed by atoms with Gasteiger partial charge in [-0.3, -0.25) is 29.0 Å². The van der Waals surface area contributed by atoms with E-state index in [0.29, 0.717) is 24.2 Å². The molecule has 0 N–H and O–H groups in total. The van der Waals surface area contributed by atoms with Gasteiger partial charge in [0.1, 0.15) is 0 Å². The molecule has 0 unspecified atom stereocenters. The second-order valence-corrected chi connectivity index (χ2v) is 7.78. The molecule has 2 heterocycles. The average Bonchev–Trinajstić information content (AvgIpc) is 3.04. The molecule has 2 aliphatic rings. The maximum atomic E-state index is 11.7. The molecule has 0 atom stereocenters. The summed E-state index contributed by atoms with van der Waals surface area (Å²) in [7, 11) is 0. The van der Waals surface area contributed by atoms with Crippen molar-refractivity contribution in [2.24, 2.45) is 0 Å². The van der Waals surface area contributed by atoms with Gasteiger partial charge in [0.15, 0.2) is 0 Å². The fourth-order valence-corrected chi connectivity index (χ4v) is 3.65. The van der Waals surface area contributed by atoms with Crippen molar-refractivity contribution >= 4 is 23.6 Å². The van der Waals surface area contributed by atoms with Crippen molar-refractivity contribution in [3.8, 4) is 0 Å². The molecule has 0 aromatic carbocycles. The first kappa shape index (κ1) is 22.1. The SMILES string of the molecule is CC1=CC(=O)N(CCCCCCCCCCCCN2C(=O)C=C(C)C2=O)C1=O. The summed E-state index contributed by atoms with van der Waals surface area (Å²) < 4.78 is 0. The highest BCUT2D eigenvalue weighted by molar-refractivity contribution is 6.16. The molecule has 4 amide bonds. The number of imide groups is 2. The Morgan fingerprint density at radius 1 is 0.536 bits per heavy atom. The molecule has 6 nitrogen and oxygen atoms in total. The molecule has 154 valence electrons. The zero-order chi connectivity index (χ0) is 20.5. The number of nitrogens with zero attached hydrogens (tertiary/aromatic N) is 2. The smallest absolute Gasteiger partial charge is 0.256 e. The highest BCUT2D eigenvalue weighted by atomic mass is 16.2. The second kappa shape index (κ2) is 10.9. The zero-order valence-corrected chi connectivity index (χ0v) is 17.2. The molecule has 0 aromatic heterocycles. The van der Waals surface area contributed by atoms with E-state index in [1.165, 1.54) is 47.6 Å². The van der Waals surface area contributed by atoms with Crippen LogP contribution in [0, 0.1) is 0 Å². The van der Waals surface area contributed by atoms with E-state index >= 15 is 0 Å². The summed E-state index contributed by atoms with van der Waals surface area (Å²) in [4.78, 5) is 49.4. The van der Waals surface area contributed by atoms with Crippen molar-refractivity contribution in [2.45, 2.75) is 78.1 Å². The molecule has 0 radical (unpaired) electrons. The first-order valence-electron chi connectivity index (χ1n) is 10.5. The second-order valence-electron chi connectivity index (χ2n) is 7.78. The highest BCUT2D eigenvalue weighted by Gasteiger charge is 2.28. The third-order valence-corrected chi connectivity index (χ3v) is 5.39. The summed E-state index contributed by atoms with van der Waals surface area (Å²) >= 11 is 0. The van der Waals surface area contributed by atoms with Crippen LogP contribution in [0.15, 0.2) is 23.3 Å². The Kier molecular flexibility index (Phi) is 8.61. The molecule has 28 heavy (non-hydrogen) atoms. The van der Waals surface area contributed by atoms with Crippen LogP contribution in [0.3, 0.4) is 0 Å². The Hall–Kier alpha value is -2.24. The van der Waals surface area contributed by atoms with Crippen molar-refractivity contribution in [1.82, 2.24) is 9.80 Å². The van der Waals surface area contributed by atoms with Crippen LogP contribution in [0.25, 0.3) is 0 Å². The standard InChI is InChI=1S/C22H32N2O4/c1-17-15-19(25)23(21(17)27)13-11-9-7-5-3-4-6-8-10-12-14-24-20(26)16-18(2)22(24)28/h15-16H,3-14H2,1-2H3. The first-order chi connectivity index (χ1) is 13.4. The van der Waals surface area contributed by atoms with Crippen molar-refractivity contribution < 1.29 is 19.2 Å². The zero-order valence-electron chi connectivity index (χ0n) is 17.2. The van der Waals surface area contributed by atoms with Crippen LogP contribution in [0.4, 0.5) is 0 Å². The van der Waals surface area contributed by atoms with Crippen molar-refractivity contribution in [3.63, 3.8) is 0 Å². The van der Waals surface area contributed by atoms with E-state index in [-0.39, 0.29) is 23.6 Å². The van der Waals surface area contributed by atoms with Gasteiger partial charge in [0.05, 0.1) is 0 Å². The fraction of sp³-hybridized carbons (Fsp3) is 0.636. The maximum Gasteiger partial charge on any atom is 0.256 e. The fourth-order valence-electron chi connectivity index (χ4n) is 3.65. The Morgan fingerprint density at radius 2 is 0.821 bits per heavy atom. The Labute approximate surface area is 167 Å². The average molecular weight is 389 g/mol. The largest absolute Gasteiger partial charge is 0.275 e. The van der Waals surface area contributed by atoms with E-state index in [1.54, 1.807) is 13.8 Å². The summed E-state index contributed by atoms with van der Waals surface area (Å²) in [5, 5.41) is 0. The molecule has 0 bridgehead atoms. The molecular formula is C22H32N2O4. The monoisotopic (exact) mass is 388 g/mol. The van der Waals surface area contributed by atoms with Gasteiger partial charge in [0, 0.05) is 36.4 Å². The van der Waals surface area contributed by atoms with Crippen LogP contribution in [0.5, 0.6) is 0 Å². The highest BCUT2D eigenvalue weighted by Crippen LogP contribution is 2.16. The third-order valence-electron chi connectivity index (χ3n) is 5.39. The van der Waals surface area contributed by atoms with Crippen LogP contribution >= 0.6 is 0 Å². The lowest BCUT2D eigenvalue weighted by molar-refractivity contribution is -0.138. The molecule has 0 spiro atoms. The van der Waals surface area contributed by atoms with Gasteiger partial charge in [-0.15, -0.1) is 0 Å². The van der Waals surface area contributed by atoms with Crippen molar-refractivity contribution in [3.05, 3.63) is 23.3 Å². The topological polar surface area (TPSA) is 74.8 Å². The number of carbonyl (C=O) groups excluding carboxylic acids is 4. The first-order valence-corrected chi connectivity index (χ1v) is 10.5. The molecule has 2 rings (SSSR count). The van der Waals surface area contributed by atoms with Crippen LogP contribution in [0.1, 0.15) is 78.1 Å². The number of amides is 4. The predicted molar refractivity (Wildman–Crippen MR) is 107 cm³/mol. The lowest BCUT2D eigenvalue weighted by Gasteiger charge is -2.14. The van der Waals surface area contributed by atoms with Crippen LogP contribution in [0.2, 0.25) is 0 Å². The minimum absolute atomic E-state index is 0.144. The van der Waals surface area contributed by atoms with Crippen LogP contribution in [-0.4, -0.2) is 46.5 Å². The normalized spacial score (nSPS) is 17.1. The minimum atomic E-state index is -0.174. The Bertz CT molecular complexity index is 620. The molecule has 0 fully saturated rings. The van der Waals surface area contributed by atoms with E-state index in [0.717, 1.165) is 38.5 Å². The quantitative estimate of drug-likeness (QED) is 0.357. The van der Waals surface area contributed by atoms with E-state index in [9.17, 15) is 19.2 Å². The summed E-state index contributed by atoms with van der Waals surface area (Å²) in [6.45, 7) is 4.43. The van der Waals surface area contributed by atoms with Crippen molar-refractivity contribution in [2.75, 3.05) is 13.1 Å². The summed E-state index contributed by atoms with van der Waals surface area (Å²) in [6.07, 6.45) is 13.7. The molecule has 0 saturated heterocycles. The van der Waals surface area contributed by atoms with Gasteiger partial charge in [-0.1, -0.05) is 51.4 Å². The maximum absolute atomic E-state index is 11.7. The number of rotatable bonds is 13. The van der Waals surface area contributed by atoms with Gasteiger partial charge in [0.25, 0.3) is 23.6 Å². The molecule has 0 aromatic rings. The van der Waals surface area contributed by atoms with Gasteiger partial charge in [0.2, 0.25) is 0 Å². The van der Waals surface area contributed by atoms with Crippen molar-refractivity contribution in [1.29, 1.82) is 0 Å². The van der Waals surface area contributed by atoms with Gasteiger partial charge >= 0.3 is 0 Å². The number of hydrogen-bond acceptors (Lipinski definition) is 4. The summed E-state index contributed by atoms with van der Waals surface area (Å²) in [5.74, 6) is -0.635. The third kappa shape index (κ3) is 6.14. The number of hydrogen-bond donors (Lipinski definition) is 0. The predicted octanol–water partition coefficient (Wildman–Crippen LogP) is 3.52. The Morgan fingerprint density at radius 3 is 1.07 bits per heavy atom. The van der Waals surface area contributed by atoms with Crippen LogP contribution in [-0.2, 0) is 19.2 Å². The number of carbonyl (C=O) groups is 4. The van der Waals surface area contributed by atoms with E-state index < -0.39 is 0 Å². The lowest BCUT2D eigenvalue weighted by Crippen LogP contribution is -2.31. The lowest BCUT2D eigenvalue weighted by atomic mass is 10.1. The van der Waals surface area contributed by atoms with E-state index in [1.807, 2.05) is 0 Å². The van der Waals surface area contributed by atoms with Gasteiger partial charge in [-0.2, -0.15) is 0 Å². The summed E-state index contributed by atoms with van der Waals surface area (Å²) in [5.41, 5.74) is 1.07. The number of unbranched alkanes of at least 4 members (excludes halogenated alkanes) is 9. The molecule has 0 aliphatic carbocycles. The molecule has 6 heteroatoms. The van der Waals surface area contributed by atoms with Gasteiger partial charge in [-0.25, -0.2) is 0 Å². The Balaban J connectivity index is 1.38. The molecule has 0 saturated carbocycles. The van der Waals surface area contributed by atoms with E-state index in [4.69, 9.17) is 0 Å². The van der Waals surface area contributed by atoms with Crippen LogP contribution < -0.4 is 0 Å².